The molecule has 0 saturated carbocycles. The minimum Gasteiger partial charge on any atom is -0.870 e. The van der Waals surface area contributed by atoms with Crippen molar-refractivity contribution in [3.63, 3.8) is 0 Å². The minimum atomic E-state index is -0.316. The van der Waals surface area contributed by atoms with E-state index in [0.717, 1.165) is 24.1 Å². The van der Waals surface area contributed by atoms with Gasteiger partial charge in [-0.3, -0.25) is 15.3 Å². The van der Waals surface area contributed by atoms with E-state index in [1.807, 2.05) is 13.1 Å². The highest BCUT2D eigenvalue weighted by Gasteiger charge is 2.38. The first-order chi connectivity index (χ1) is 13.4. The molecule has 1 atom stereocenters. The Morgan fingerprint density at radius 1 is 1.07 bits per heavy atom. The van der Waals surface area contributed by atoms with Gasteiger partial charge in [-0.1, -0.05) is 5.75 Å². The lowest BCUT2D eigenvalue weighted by Gasteiger charge is -2.42. The summed E-state index contributed by atoms with van der Waals surface area (Å²) < 4.78 is 16.4. The van der Waals surface area contributed by atoms with Crippen LogP contribution in [-0.2, 0) is 12.8 Å². The van der Waals surface area contributed by atoms with Gasteiger partial charge >= 0.3 is 0 Å². The fourth-order valence-corrected chi connectivity index (χ4v) is 4.49. The first-order valence-corrected chi connectivity index (χ1v) is 9.00. The van der Waals surface area contributed by atoms with Crippen LogP contribution < -0.4 is 24.5 Å². The molecule has 2 N–H and O–H groups in total. The molecule has 0 fully saturated rings. The molecule has 4 rings (SSSR count). The summed E-state index contributed by atoms with van der Waals surface area (Å²) in [4.78, 5) is 2.21. The molecule has 0 aromatic heterocycles. The number of hydrogen-bond donors (Lipinski definition) is 2. The molecule has 0 radical (unpaired) electrons. The number of hydrogen-bond acceptors (Lipinski definition) is 8. The Hall–Kier alpha value is -2.68. The Bertz CT molecular complexity index is 943. The molecular weight excluding hydrogens is 364 g/mol. The Labute approximate surface area is 163 Å². The Morgan fingerprint density at radius 2 is 1.79 bits per heavy atom. The van der Waals surface area contributed by atoms with Crippen LogP contribution in [0.1, 0.15) is 22.7 Å². The van der Waals surface area contributed by atoms with Crippen LogP contribution >= 0.6 is 0 Å². The molecule has 1 aliphatic heterocycles. The van der Waals surface area contributed by atoms with E-state index in [2.05, 4.69) is 4.90 Å². The molecule has 8 heteroatoms. The molecule has 1 aliphatic carbocycles. The second-order valence-electron chi connectivity index (χ2n) is 7.08. The lowest BCUT2D eigenvalue weighted by molar-refractivity contribution is -0.269. The maximum absolute atomic E-state index is 13.2. The van der Waals surface area contributed by atoms with Crippen LogP contribution in [0, 0.1) is 0 Å². The number of fused-ring (bicyclic) bond motifs is 2. The van der Waals surface area contributed by atoms with Gasteiger partial charge < -0.3 is 19.3 Å². The lowest BCUT2D eigenvalue weighted by atomic mass is 9.75. The molecule has 2 aromatic rings. The summed E-state index contributed by atoms with van der Waals surface area (Å²) in [5.41, 5.74) is 3.79. The summed E-state index contributed by atoms with van der Waals surface area (Å²) in [6, 6.07) is 3.30. The minimum absolute atomic E-state index is 0.0162. The molecule has 0 bridgehead atoms. The SMILES string of the molecule is COc1cc(N(O)O)c2c(c1[O-])-c1c(OC)c(OC)cc3c1C(C2)N(C)CC3. The number of anilines is 1. The normalized spacial score (nSPS) is 17.6. The lowest BCUT2D eigenvalue weighted by Crippen LogP contribution is -2.36. The molecule has 28 heavy (non-hydrogen) atoms. The van der Waals surface area contributed by atoms with E-state index in [9.17, 15) is 15.5 Å². The van der Waals surface area contributed by atoms with Crippen LogP contribution in [0.3, 0.4) is 0 Å². The zero-order chi connectivity index (χ0) is 20.2. The molecule has 0 amide bonds. The monoisotopic (exact) mass is 387 g/mol. The number of likely N-dealkylation sites (N-methyl/N-ethyl adjacent to an activating group) is 1. The molecular formula is C20H23N2O6-. The number of methoxy groups -OCH3 is 3. The van der Waals surface area contributed by atoms with Gasteiger partial charge in [-0.2, -0.15) is 0 Å². The largest absolute Gasteiger partial charge is 0.870 e. The van der Waals surface area contributed by atoms with Crippen molar-refractivity contribution in [2.45, 2.75) is 18.9 Å². The number of nitrogens with zero attached hydrogens (tertiary/aromatic N) is 2. The van der Waals surface area contributed by atoms with Crippen molar-refractivity contribution in [3.8, 4) is 34.1 Å². The van der Waals surface area contributed by atoms with Gasteiger partial charge in [0.2, 0.25) is 0 Å². The average molecular weight is 387 g/mol. The predicted molar refractivity (Wildman–Crippen MR) is 99.8 cm³/mol. The molecule has 2 aliphatic rings. The second kappa shape index (κ2) is 6.73. The van der Waals surface area contributed by atoms with Crippen LogP contribution in [0.2, 0.25) is 0 Å². The van der Waals surface area contributed by atoms with Gasteiger partial charge in [-0.25, -0.2) is 0 Å². The summed E-state index contributed by atoms with van der Waals surface area (Å²) >= 11 is 0. The maximum atomic E-state index is 13.2. The Balaban J connectivity index is 2.16. The van der Waals surface area contributed by atoms with Crippen molar-refractivity contribution in [2.24, 2.45) is 0 Å². The van der Waals surface area contributed by atoms with Crippen molar-refractivity contribution < 1.29 is 29.7 Å². The fraction of sp³-hybridized carbons (Fsp3) is 0.400. The number of rotatable bonds is 4. The first kappa shape index (κ1) is 18.7. The van der Waals surface area contributed by atoms with Crippen molar-refractivity contribution in [1.29, 1.82) is 0 Å². The number of ether oxygens (including phenoxy) is 3. The molecule has 150 valence electrons. The fourth-order valence-electron chi connectivity index (χ4n) is 4.49. The molecule has 1 heterocycles. The van der Waals surface area contributed by atoms with Crippen molar-refractivity contribution >= 4 is 5.69 Å². The van der Waals surface area contributed by atoms with Crippen molar-refractivity contribution in [2.75, 3.05) is 40.1 Å². The Kier molecular flexibility index (Phi) is 4.49. The second-order valence-corrected chi connectivity index (χ2v) is 7.08. The van der Waals surface area contributed by atoms with Crippen LogP contribution in [-0.4, -0.2) is 50.2 Å². The summed E-state index contributed by atoms with van der Waals surface area (Å²) in [5.74, 6) is 0.717. The third kappa shape index (κ3) is 2.49. The third-order valence-electron chi connectivity index (χ3n) is 5.81. The summed E-state index contributed by atoms with van der Waals surface area (Å²) in [7, 11) is 6.50. The smallest absolute Gasteiger partial charge is 0.168 e. The van der Waals surface area contributed by atoms with Crippen LogP contribution in [0.4, 0.5) is 5.69 Å². The van der Waals surface area contributed by atoms with Crippen molar-refractivity contribution in [1.82, 2.24) is 4.90 Å². The molecule has 0 saturated heterocycles. The quantitative estimate of drug-likeness (QED) is 0.770. The van der Waals surface area contributed by atoms with Gasteiger partial charge in [0.25, 0.3) is 0 Å². The Morgan fingerprint density at radius 3 is 2.39 bits per heavy atom. The van der Waals surface area contributed by atoms with Gasteiger partial charge in [-0.15, -0.1) is 5.23 Å². The van der Waals surface area contributed by atoms with E-state index in [-0.39, 0.29) is 28.5 Å². The standard InChI is InChI=1S/C20H24N2O6/c1-21-6-5-10-7-15(27-3)20(28-4)18-16(10)13(21)8-11-12(22(24)25)9-14(26-2)19(23)17(11)18/h7,9,13,23-25H,5-6,8H2,1-4H3/p-1. The van der Waals surface area contributed by atoms with Gasteiger partial charge in [0, 0.05) is 24.2 Å². The molecule has 2 aromatic carbocycles. The van der Waals surface area contributed by atoms with Crippen LogP contribution in [0.25, 0.3) is 11.1 Å². The highest BCUT2D eigenvalue weighted by molar-refractivity contribution is 5.91. The van der Waals surface area contributed by atoms with Crippen molar-refractivity contribution in [3.05, 3.63) is 28.8 Å². The highest BCUT2D eigenvalue weighted by atomic mass is 16.8. The van der Waals surface area contributed by atoms with Gasteiger partial charge in [0.15, 0.2) is 11.5 Å². The third-order valence-corrected chi connectivity index (χ3v) is 5.81. The molecule has 8 nitrogen and oxygen atoms in total. The van der Waals surface area contributed by atoms with E-state index in [1.54, 1.807) is 7.11 Å². The average Bonchev–Trinajstić information content (AvgIpc) is 2.69. The zero-order valence-electron chi connectivity index (χ0n) is 16.3. The van der Waals surface area contributed by atoms with E-state index in [0.29, 0.717) is 34.6 Å². The van der Waals surface area contributed by atoms with Crippen LogP contribution in [0.15, 0.2) is 12.1 Å². The van der Waals surface area contributed by atoms with E-state index < -0.39 is 0 Å². The van der Waals surface area contributed by atoms with Crippen LogP contribution in [0.5, 0.6) is 23.0 Å². The van der Waals surface area contributed by atoms with E-state index in [4.69, 9.17) is 14.2 Å². The summed E-state index contributed by atoms with van der Waals surface area (Å²) in [5, 5.41) is 32.9. The summed E-state index contributed by atoms with van der Waals surface area (Å²) in [6.45, 7) is 0.847. The van der Waals surface area contributed by atoms with Gasteiger partial charge in [-0.05, 0) is 48.2 Å². The van der Waals surface area contributed by atoms with Gasteiger partial charge in [0.1, 0.15) is 11.4 Å². The zero-order valence-corrected chi connectivity index (χ0v) is 16.3. The highest BCUT2D eigenvalue weighted by Crippen LogP contribution is 2.57. The van der Waals surface area contributed by atoms with Gasteiger partial charge in [0.05, 0.1) is 21.3 Å². The predicted octanol–water partition coefficient (Wildman–Crippen LogP) is 2.12. The van der Waals surface area contributed by atoms with E-state index >= 15 is 0 Å². The van der Waals surface area contributed by atoms with E-state index in [1.165, 1.54) is 20.3 Å². The molecule has 0 spiro atoms. The number of benzene rings is 2. The summed E-state index contributed by atoms with van der Waals surface area (Å²) in [6.07, 6.45) is 1.29. The topological polar surface area (TPSA) is 97.7 Å². The first-order valence-electron chi connectivity index (χ1n) is 9.00. The molecule has 1 unspecified atom stereocenters. The maximum Gasteiger partial charge on any atom is 0.168 e.